The molecular formula is C24H28N2O3. The molecular weight excluding hydrogens is 364 g/mol. The molecule has 29 heavy (non-hydrogen) atoms. The summed E-state index contributed by atoms with van der Waals surface area (Å²) in [6, 6.07) is 17.3. The molecule has 0 N–H and O–H groups in total. The third-order valence-electron chi connectivity index (χ3n) is 5.91. The number of hydrogen-bond acceptors (Lipinski definition) is 3. The summed E-state index contributed by atoms with van der Waals surface area (Å²) in [5.41, 5.74) is 1.72. The van der Waals surface area contributed by atoms with Crippen LogP contribution in [0.15, 0.2) is 54.6 Å². The lowest BCUT2D eigenvalue weighted by Crippen LogP contribution is -2.51. The zero-order valence-corrected chi connectivity index (χ0v) is 16.8. The Morgan fingerprint density at radius 1 is 0.862 bits per heavy atom. The van der Waals surface area contributed by atoms with Crippen LogP contribution in [0, 0.1) is 5.92 Å². The highest BCUT2D eigenvalue weighted by molar-refractivity contribution is 5.94. The molecule has 1 saturated carbocycles. The predicted molar refractivity (Wildman–Crippen MR) is 112 cm³/mol. The van der Waals surface area contributed by atoms with Gasteiger partial charge in [-0.2, -0.15) is 0 Å². The Morgan fingerprint density at radius 2 is 1.55 bits per heavy atom. The number of ether oxygens (including phenoxy) is 1. The van der Waals surface area contributed by atoms with Gasteiger partial charge < -0.3 is 14.5 Å². The van der Waals surface area contributed by atoms with Crippen molar-refractivity contribution in [2.24, 2.45) is 5.92 Å². The van der Waals surface area contributed by atoms with Crippen molar-refractivity contribution in [3.05, 3.63) is 65.7 Å². The third kappa shape index (κ3) is 4.78. The van der Waals surface area contributed by atoms with Crippen molar-refractivity contribution in [2.75, 3.05) is 26.2 Å². The van der Waals surface area contributed by atoms with Crippen molar-refractivity contribution in [2.45, 2.75) is 32.3 Å². The molecule has 0 radical (unpaired) electrons. The van der Waals surface area contributed by atoms with Crippen LogP contribution in [0.1, 0.15) is 41.6 Å². The molecule has 0 aromatic heterocycles. The summed E-state index contributed by atoms with van der Waals surface area (Å²) in [5.74, 6) is 1.18. The molecule has 5 nitrogen and oxygen atoms in total. The minimum atomic E-state index is 0.00289. The van der Waals surface area contributed by atoms with Gasteiger partial charge in [-0.3, -0.25) is 9.59 Å². The van der Waals surface area contributed by atoms with Crippen molar-refractivity contribution in [3.8, 4) is 5.75 Å². The number of carbonyl (C=O) groups excluding carboxylic acids is 2. The number of carbonyl (C=O) groups is 2. The first-order chi connectivity index (χ1) is 14.2. The number of benzene rings is 2. The molecule has 2 amide bonds. The van der Waals surface area contributed by atoms with E-state index >= 15 is 0 Å². The topological polar surface area (TPSA) is 49.9 Å². The van der Waals surface area contributed by atoms with Crippen molar-refractivity contribution >= 4 is 11.8 Å². The highest BCUT2D eigenvalue weighted by Crippen LogP contribution is 2.27. The first-order valence-corrected chi connectivity index (χ1v) is 10.6. The number of piperazine rings is 1. The normalized spacial score (nSPS) is 17.4. The van der Waals surface area contributed by atoms with Crippen LogP contribution in [0.25, 0.3) is 0 Å². The smallest absolute Gasteiger partial charge is 0.254 e. The Kier molecular flexibility index (Phi) is 6.13. The van der Waals surface area contributed by atoms with Crippen LogP contribution in [0.2, 0.25) is 0 Å². The maximum absolute atomic E-state index is 12.9. The fraction of sp³-hybridized carbons (Fsp3) is 0.417. The van der Waals surface area contributed by atoms with E-state index in [2.05, 4.69) is 0 Å². The molecule has 2 aromatic rings. The molecule has 0 unspecified atom stereocenters. The highest BCUT2D eigenvalue weighted by Gasteiger charge is 2.30. The Hall–Kier alpha value is -2.82. The third-order valence-corrected chi connectivity index (χ3v) is 5.91. The van der Waals surface area contributed by atoms with Gasteiger partial charge in [0.05, 0.1) is 0 Å². The van der Waals surface area contributed by atoms with Gasteiger partial charge in [0, 0.05) is 37.7 Å². The first kappa shape index (κ1) is 19.5. The summed E-state index contributed by atoms with van der Waals surface area (Å²) < 4.78 is 5.85. The lowest BCUT2D eigenvalue weighted by Gasteiger charge is -2.36. The van der Waals surface area contributed by atoms with Gasteiger partial charge in [0.2, 0.25) is 5.91 Å². The van der Waals surface area contributed by atoms with Gasteiger partial charge in [-0.25, -0.2) is 0 Å². The second-order valence-corrected chi connectivity index (χ2v) is 7.90. The molecule has 2 aromatic carbocycles. The fourth-order valence-corrected chi connectivity index (χ4v) is 4.20. The van der Waals surface area contributed by atoms with Crippen LogP contribution in [0.4, 0.5) is 0 Å². The Balaban J connectivity index is 1.32. The van der Waals surface area contributed by atoms with E-state index in [1.54, 1.807) is 6.07 Å². The van der Waals surface area contributed by atoms with Crippen LogP contribution in [-0.4, -0.2) is 47.8 Å². The molecule has 152 valence electrons. The summed E-state index contributed by atoms with van der Waals surface area (Å²) >= 11 is 0. The van der Waals surface area contributed by atoms with Gasteiger partial charge >= 0.3 is 0 Å². The number of amides is 2. The molecule has 1 saturated heterocycles. The number of nitrogens with zero attached hydrogens (tertiary/aromatic N) is 2. The van der Waals surface area contributed by atoms with Crippen LogP contribution < -0.4 is 4.74 Å². The van der Waals surface area contributed by atoms with Gasteiger partial charge in [-0.1, -0.05) is 49.2 Å². The largest absolute Gasteiger partial charge is 0.489 e. The van der Waals surface area contributed by atoms with E-state index in [1.807, 2.05) is 58.3 Å². The van der Waals surface area contributed by atoms with Gasteiger partial charge in [-0.05, 0) is 36.6 Å². The number of rotatable bonds is 5. The molecule has 2 fully saturated rings. The predicted octanol–water partition coefficient (Wildman–Crippen LogP) is 3.74. The van der Waals surface area contributed by atoms with E-state index in [4.69, 9.17) is 4.74 Å². The minimum Gasteiger partial charge on any atom is -0.489 e. The van der Waals surface area contributed by atoms with Crippen LogP contribution in [-0.2, 0) is 11.4 Å². The first-order valence-electron chi connectivity index (χ1n) is 10.6. The van der Waals surface area contributed by atoms with Crippen LogP contribution >= 0.6 is 0 Å². The molecule has 0 atom stereocenters. The van der Waals surface area contributed by atoms with E-state index < -0.39 is 0 Å². The summed E-state index contributed by atoms with van der Waals surface area (Å²) in [7, 11) is 0. The fourth-order valence-electron chi connectivity index (χ4n) is 4.20. The lowest BCUT2D eigenvalue weighted by molar-refractivity contribution is -0.136. The standard InChI is InChI=1S/C24H28N2O3/c27-23(20-9-4-5-10-20)25-13-15-26(16-14-25)24(28)21-11-6-12-22(17-21)29-18-19-7-2-1-3-8-19/h1-3,6-8,11-12,17,20H,4-5,9-10,13-16,18H2. The average Bonchev–Trinajstić information content (AvgIpc) is 3.33. The molecule has 2 aliphatic rings. The van der Waals surface area contributed by atoms with Gasteiger partial charge in [-0.15, -0.1) is 0 Å². The summed E-state index contributed by atoms with van der Waals surface area (Å²) in [4.78, 5) is 29.3. The zero-order chi connectivity index (χ0) is 20.1. The summed E-state index contributed by atoms with van der Waals surface area (Å²) in [5, 5.41) is 0. The zero-order valence-electron chi connectivity index (χ0n) is 16.8. The highest BCUT2D eigenvalue weighted by atomic mass is 16.5. The quantitative estimate of drug-likeness (QED) is 0.779. The molecule has 4 rings (SSSR count). The second-order valence-electron chi connectivity index (χ2n) is 7.90. The van der Waals surface area contributed by atoms with Crippen molar-refractivity contribution in [1.29, 1.82) is 0 Å². The average molecular weight is 392 g/mol. The summed E-state index contributed by atoms with van der Waals surface area (Å²) in [6.45, 7) is 2.91. The van der Waals surface area contributed by atoms with Gasteiger partial charge in [0.25, 0.3) is 5.91 Å². The van der Waals surface area contributed by atoms with Crippen LogP contribution in [0.5, 0.6) is 5.75 Å². The van der Waals surface area contributed by atoms with Gasteiger partial charge in [0.1, 0.15) is 12.4 Å². The Labute approximate surface area is 172 Å². The van der Waals surface area contributed by atoms with Crippen molar-refractivity contribution < 1.29 is 14.3 Å². The molecule has 5 heteroatoms. The Morgan fingerprint density at radius 3 is 2.28 bits per heavy atom. The molecule has 1 aliphatic carbocycles. The van der Waals surface area contributed by atoms with Crippen molar-refractivity contribution in [3.63, 3.8) is 0 Å². The van der Waals surface area contributed by atoms with E-state index in [0.717, 1.165) is 31.2 Å². The SMILES string of the molecule is O=C(c1cccc(OCc2ccccc2)c1)N1CCN(C(=O)C2CCCC2)CC1. The molecule has 1 heterocycles. The van der Waals surface area contributed by atoms with Crippen molar-refractivity contribution in [1.82, 2.24) is 9.80 Å². The second kappa shape index (κ2) is 9.12. The maximum atomic E-state index is 12.9. The van der Waals surface area contributed by atoms with E-state index in [9.17, 15) is 9.59 Å². The number of hydrogen-bond donors (Lipinski definition) is 0. The lowest BCUT2D eigenvalue weighted by atomic mass is 10.1. The molecule has 0 spiro atoms. The molecule has 0 bridgehead atoms. The minimum absolute atomic E-state index is 0.00289. The van der Waals surface area contributed by atoms with E-state index in [0.29, 0.717) is 44.1 Å². The van der Waals surface area contributed by atoms with Crippen LogP contribution in [0.3, 0.4) is 0 Å². The summed E-state index contributed by atoms with van der Waals surface area (Å²) in [6.07, 6.45) is 4.37. The van der Waals surface area contributed by atoms with Gasteiger partial charge in [0.15, 0.2) is 0 Å². The van der Waals surface area contributed by atoms with E-state index in [-0.39, 0.29) is 17.7 Å². The molecule has 1 aliphatic heterocycles. The Bertz CT molecular complexity index is 838. The monoisotopic (exact) mass is 392 g/mol. The maximum Gasteiger partial charge on any atom is 0.254 e. The van der Waals surface area contributed by atoms with E-state index in [1.165, 1.54) is 0 Å².